The number of H-pyrrole nitrogens is 1. The molecule has 156 valence electrons. The fourth-order valence-corrected chi connectivity index (χ4v) is 4.44. The van der Waals surface area contributed by atoms with Crippen molar-refractivity contribution in [3.8, 4) is 5.69 Å². The lowest BCUT2D eigenvalue weighted by molar-refractivity contribution is -0.694. The Hall–Kier alpha value is -2.55. The third-order valence-electron chi connectivity index (χ3n) is 4.98. The summed E-state index contributed by atoms with van der Waals surface area (Å²) in [4.78, 5) is 21.6. The van der Waals surface area contributed by atoms with Gasteiger partial charge in [-0.15, -0.1) is 4.68 Å². The minimum absolute atomic E-state index is 0.0970. The summed E-state index contributed by atoms with van der Waals surface area (Å²) < 4.78 is 1.85. The first-order chi connectivity index (χ1) is 14.6. The number of halogens is 1. The van der Waals surface area contributed by atoms with Crippen molar-refractivity contribution in [3.05, 3.63) is 59.9 Å². The van der Waals surface area contributed by atoms with E-state index >= 15 is 0 Å². The lowest BCUT2D eigenvalue weighted by Crippen LogP contribution is -2.44. The molecule has 0 aliphatic carbocycles. The number of nitrogens with zero attached hydrogens (tertiary/aromatic N) is 4. The van der Waals surface area contributed by atoms with Crippen LogP contribution < -0.4 is 14.9 Å². The SMILES string of the molecule is CN1CCN(c2c(Cl)cccc2NC(=O)CSc2nc[nH][n+]2-c2ccccc2)CC1. The van der Waals surface area contributed by atoms with E-state index in [-0.39, 0.29) is 11.7 Å². The molecule has 2 N–H and O–H groups in total. The minimum Gasteiger partial charge on any atom is -0.366 e. The number of amides is 1. The van der Waals surface area contributed by atoms with Crippen LogP contribution in [-0.4, -0.2) is 59.9 Å². The molecule has 0 atom stereocenters. The maximum Gasteiger partial charge on any atom is 0.385 e. The van der Waals surface area contributed by atoms with Gasteiger partial charge in [0.2, 0.25) is 12.2 Å². The van der Waals surface area contributed by atoms with Gasteiger partial charge in [-0.05, 0) is 48.1 Å². The summed E-state index contributed by atoms with van der Waals surface area (Å²) in [6.45, 7) is 3.69. The normalized spacial score (nSPS) is 14.7. The number of nitrogens with one attached hydrogen (secondary N) is 2. The van der Waals surface area contributed by atoms with Crippen molar-refractivity contribution in [2.75, 3.05) is 49.2 Å². The molecule has 7 nitrogen and oxygen atoms in total. The number of benzene rings is 2. The number of thioether (sulfide) groups is 1. The van der Waals surface area contributed by atoms with Crippen LogP contribution in [-0.2, 0) is 4.79 Å². The Kier molecular flexibility index (Phi) is 6.56. The number of hydrogen-bond acceptors (Lipinski definition) is 5. The second kappa shape index (κ2) is 9.51. The molecule has 3 aromatic rings. The number of aromatic nitrogens is 3. The van der Waals surface area contributed by atoms with Crippen molar-refractivity contribution in [2.24, 2.45) is 0 Å². The number of carbonyl (C=O) groups excluding carboxylic acids is 1. The molecule has 1 fully saturated rings. The molecule has 0 unspecified atom stereocenters. The van der Waals surface area contributed by atoms with Crippen LogP contribution in [0, 0.1) is 0 Å². The zero-order valence-corrected chi connectivity index (χ0v) is 18.3. The van der Waals surface area contributed by atoms with Crippen molar-refractivity contribution in [1.82, 2.24) is 15.0 Å². The van der Waals surface area contributed by atoms with Crippen LogP contribution in [0.2, 0.25) is 5.02 Å². The van der Waals surface area contributed by atoms with Crippen LogP contribution in [0.3, 0.4) is 0 Å². The molecule has 1 aliphatic rings. The fourth-order valence-electron chi connectivity index (χ4n) is 3.40. The second-order valence-corrected chi connectivity index (χ2v) is 8.45. The maximum atomic E-state index is 12.7. The van der Waals surface area contributed by atoms with E-state index in [4.69, 9.17) is 11.6 Å². The molecular weight excluding hydrogens is 420 g/mol. The highest BCUT2D eigenvalue weighted by Crippen LogP contribution is 2.34. The van der Waals surface area contributed by atoms with Gasteiger partial charge in [0.25, 0.3) is 0 Å². The van der Waals surface area contributed by atoms with Crippen LogP contribution in [0.1, 0.15) is 0 Å². The van der Waals surface area contributed by atoms with Gasteiger partial charge in [0, 0.05) is 26.2 Å². The van der Waals surface area contributed by atoms with Gasteiger partial charge in [-0.3, -0.25) is 4.79 Å². The van der Waals surface area contributed by atoms with E-state index in [1.807, 2.05) is 53.2 Å². The van der Waals surface area contributed by atoms with E-state index in [1.165, 1.54) is 11.8 Å². The average Bonchev–Trinajstić information content (AvgIpc) is 3.23. The lowest BCUT2D eigenvalue weighted by atomic mass is 10.2. The summed E-state index contributed by atoms with van der Waals surface area (Å²) in [5.41, 5.74) is 2.60. The summed E-state index contributed by atoms with van der Waals surface area (Å²) in [7, 11) is 2.11. The molecule has 1 amide bonds. The quantitative estimate of drug-likeness (QED) is 0.453. The molecule has 2 aromatic carbocycles. The number of piperazine rings is 1. The topological polar surface area (TPSA) is 68.1 Å². The van der Waals surface area contributed by atoms with Crippen LogP contribution in [0.25, 0.3) is 5.69 Å². The van der Waals surface area contributed by atoms with Gasteiger partial charge in [-0.1, -0.05) is 35.9 Å². The first-order valence-electron chi connectivity index (χ1n) is 9.77. The summed E-state index contributed by atoms with van der Waals surface area (Å²) in [5, 5.41) is 7.49. The Morgan fingerprint density at radius 2 is 1.93 bits per heavy atom. The Balaban J connectivity index is 1.43. The molecule has 0 bridgehead atoms. The molecule has 2 heterocycles. The third-order valence-corrected chi connectivity index (χ3v) is 6.24. The Morgan fingerprint density at radius 3 is 2.70 bits per heavy atom. The van der Waals surface area contributed by atoms with Crippen molar-refractivity contribution >= 4 is 40.6 Å². The van der Waals surface area contributed by atoms with E-state index in [9.17, 15) is 4.79 Å². The summed E-state index contributed by atoms with van der Waals surface area (Å²) in [6.07, 6.45) is 1.62. The standard InChI is InChI=1S/C21H23ClN6OS/c1-26-10-12-27(13-11-26)20-17(22)8-5-9-18(20)25-19(29)14-30-21-23-15-24-28(21)16-6-3-2-4-7-16/h2-9,15H,10-14H2,1H3,(H,25,29)/p+1. The van der Waals surface area contributed by atoms with Crippen LogP contribution in [0.15, 0.2) is 60.0 Å². The van der Waals surface area contributed by atoms with Gasteiger partial charge in [-0.2, -0.15) is 5.10 Å². The van der Waals surface area contributed by atoms with Gasteiger partial charge in [-0.25, -0.2) is 0 Å². The zero-order chi connectivity index (χ0) is 20.9. The Morgan fingerprint density at radius 1 is 1.17 bits per heavy atom. The molecule has 0 radical (unpaired) electrons. The van der Waals surface area contributed by atoms with E-state index in [2.05, 4.69) is 32.2 Å². The second-order valence-electron chi connectivity index (χ2n) is 7.10. The molecule has 1 aromatic heterocycles. The zero-order valence-electron chi connectivity index (χ0n) is 16.7. The van der Waals surface area contributed by atoms with Crippen LogP contribution in [0.4, 0.5) is 11.4 Å². The predicted octanol–water partition coefficient (Wildman–Crippen LogP) is 2.82. The van der Waals surface area contributed by atoms with Gasteiger partial charge >= 0.3 is 5.16 Å². The number of rotatable bonds is 6. The molecular formula is C21H24ClN6OS+. The van der Waals surface area contributed by atoms with Crippen LogP contribution >= 0.6 is 23.4 Å². The van der Waals surface area contributed by atoms with Gasteiger partial charge in [0.1, 0.15) is 0 Å². The van der Waals surface area contributed by atoms with Gasteiger partial charge < -0.3 is 15.1 Å². The van der Waals surface area contributed by atoms with Crippen molar-refractivity contribution in [1.29, 1.82) is 0 Å². The molecule has 0 saturated carbocycles. The molecule has 9 heteroatoms. The first kappa shape index (κ1) is 20.7. The van der Waals surface area contributed by atoms with Crippen molar-refractivity contribution < 1.29 is 9.48 Å². The number of para-hydroxylation sites is 2. The third kappa shape index (κ3) is 4.77. The number of anilines is 2. The largest absolute Gasteiger partial charge is 0.385 e. The van der Waals surface area contributed by atoms with Crippen molar-refractivity contribution in [3.63, 3.8) is 0 Å². The van der Waals surface area contributed by atoms with E-state index in [0.717, 1.165) is 48.4 Å². The summed E-state index contributed by atoms with van der Waals surface area (Å²) >= 11 is 7.88. The number of aromatic amines is 1. The average molecular weight is 444 g/mol. The molecule has 0 spiro atoms. The lowest BCUT2D eigenvalue weighted by Gasteiger charge is -2.35. The summed E-state index contributed by atoms with van der Waals surface area (Å²) in [5.74, 6) is 0.145. The monoisotopic (exact) mass is 443 g/mol. The fraction of sp³-hybridized carbons (Fsp3) is 0.286. The minimum atomic E-state index is -0.0970. The highest BCUT2D eigenvalue weighted by molar-refractivity contribution is 7.99. The summed E-state index contributed by atoms with van der Waals surface area (Å²) in [6, 6.07) is 15.5. The highest BCUT2D eigenvalue weighted by atomic mass is 35.5. The Bertz CT molecular complexity index is 1000. The first-order valence-corrected chi connectivity index (χ1v) is 11.1. The van der Waals surface area contributed by atoms with Crippen LogP contribution in [0.5, 0.6) is 0 Å². The highest BCUT2D eigenvalue weighted by Gasteiger charge is 2.22. The maximum absolute atomic E-state index is 12.7. The molecule has 30 heavy (non-hydrogen) atoms. The Labute approximate surface area is 185 Å². The molecule has 4 rings (SSSR count). The number of carbonyl (C=O) groups is 1. The van der Waals surface area contributed by atoms with E-state index in [0.29, 0.717) is 5.02 Å². The molecule has 1 saturated heterocycles. The van der Waals surface area contributed by atoms with E-state index < -0.39 is 0 Å². The smallest absolute Gasteiger partial charge is 0.366 e. The van der Waals surface area contributed by atoms with Gasteiger partial charge in [0.05, 0.1) is 22.2 Å². The predicted molar refractivity (Wildman–Crippen MR) is 121 cm³/mol. The van der Waals surface area contributed by atoms with E-state index in [1.54, 1.807) is 6.33 Å². The van der Waals surface area contributed by atoms with Crippen molar-refractivity contribution in [2.45, 2.75) is 5.16 Å². The molecule has 1 aliphatic heterocycles. The number of hydrogen-bond donors (Lipinski definition) is 2. The number of likely N-dealkylation sites (N-methyl/N-ethyl adjacent to an activating group) is 1. The van der Waals surface area contributed by atoms with Gasteiger partial charge in [0.15, 0.2) is 5.69 Å².